The lowest BCUT2D eigenvalue weighted by molar-refractivity contribution is 0.0795. The quantitative estimate of drug-likeness (QED) is 0.546. The van der Waals surface area contributed by atoms with Gasteiger partial charge >= 0.3 is 0 Å². The molecule has 5 atom stereocenters. The van der Waals surface area contributed by atoms with Crippen molar-refractivity contribution < 1.29 is 4.21 Å². The second-order valence-corrected chi connectivity index (χ2v) is 10.6. The Morgan fingerprint density at radius 2 is 2.04 bits per heavy atom. The van der Waals surface area contributed by atoms with Crippen molar-refractivity contribution in [2.75, 3.05) is 33.4 Å². The van der Waals surface area contributed by atoms with Crippen molar-refractivity contribution in [2.45, 2.75) is 82.0 Å². The van der Waals surface area contributed by atoms with Crippen LogP contribution >= 0.6 is 0 Å². The third kappa shape index (κ3) is 5.69. The first-order valence-electron chi connectivity index (χ1n) is 10.4. The van der Waals surface area contributed by atoms with Gasteiger partial charge in [0.25, 0.3) is 0 Å². The van der Waals surface area contributed by atoms with E-state index in [0.717, 1.165) is 49.9 Å². The summed E-state index contributed by atoms with van der Waals surface area (Å²) >= 11 is 0. The smallest absolute Gasteiger partial charge is 0.191 e. The van der Waals surface area contributed by atoms with Crippen LogP contribution in [0.4, 0.5) is 0 Å². The molecule has 0 heterocycles. The van der Waals surface area contributed by atoms with E-state index >= 15 is 0 Å². The summed E-state index contributed by atoms with van der Waals surface area (Å²) in [7, 11) is 5.59. The highest BCUT2D eigenvalue weighted by Crippen LogP contribution is 2.35. The zero-order valence-electron chi connectivity index (χ0n) is 17.5. The molecule has 2 saturated carbocycles. The number of likely N-dealkylation sites (N-methyl/N-ethyl adjacent to an activating group) is 1. The Morgan fingerprint density at radius 1 is 1.27 bits per heavy atom. The molecule has 0 bridgehead atoms. The lowest BCUT2D eigenvalue weighted by Crippen LogP contribution is -2.57. The van der Waals surface area contributed by atoms with Crippen molar-refractivity contribution in [3.8, 4) is 0 Å². The third-order valence-corrected chi connectivity index (χ3v) is 8.19. The van der Waals surface area contributed by atoms with Crippen molar-refractivity contribution in [1.82, 2.24) is 15.5 Å². The molecule has 0 radical (unpaired) electrons. The lowest BCUT2D eigenvalue weighted by atomic mass is 9.75. The molecule has 2 aliphatic rings. The maximum Gasteiger partial charge on any atom is 0.191 e. The third-order valence-electron chi connectivity index (χ3n) is 6.45. The fourth-order valence-electron chi connectivity index (χ4n) is 4.74. The van der Waals surface area contributed by atoms with Gasteiger partial charge in [0.15, 0.2) is 5.96 Å². The molecule has 0 aromatic rings. The van der Waals surface area contributed by atoms with Gasteiger partial charge in [-0.05, 0) is 52.1 Å². The predicted octanol–water partition coefficient (Wildman–Crippen LogP) is 2.74. The molecule has 152 valence electrons. The Morgan fingerprint density at radius 3 is 2.65 bits per heavy atom. The standard InChI is InChI=1S/C20H40N4OS/c1-6-26(25)18-11-7-10-17(13-18)23-19(21-3)22-15-20(24(4)5)12-8-9-16(2)14-20/h16-18H,6-15H2,1-5H3,(H2,21,22,23). The van der Waals surface area contributed by atoms with E-state index in [2.05, 4.69) is 41.5 Å². The minimum absolute atomic E-state index is 0.216. The van der Waals surface area contributed by atoms with Crippen molar-refractivity contribution in [1.29, 1.82) is 0 Å². The Bertz CT molecular complexity index is 496. The fraction of sp³-hybridized carbons (Fsp3) is 0.950. The van der Waals surface area contributed by atoms with Crippen molar-refractivity contribution in [3.05, 3.63) is 0 Å². The fourth-order valence-corrected chi connectivity index (χ4v) is 6.09. The highest BCUT2D eigenvalue weighted by atomic mass is 32.2. The molecule has 0 aromatic heterocycles. The molecule has 2 rings (SSSR count). The monoisotopic (exact) mass is 384 g/mol. The zero-order chi connectivity index (χ0) is 19.2. The minimum Gasteiger partial charge on any atom is -0.355 e. The normalized spacial score (nSPS) is 34.5. The summed E-state index contributed by atoms with van der Waals surface area (Å²) in [4.78, 5) is 6.87. The van der Waals surface area contributed by atoms with Crippen LogP contribution in [0.25, 0.3) is 0 Å². The van der Waals surface area contributed by atoms with E-state index in [-0.39, 0.29) is 5.54 Å². The Hall–Kier alpha value is -0.620. The van der Waals surface area contributed by atoms with Crippen LogP contribution in [0, 0.1) is 5.92 Å². The van der Waals surface area contributed by atoms with Gasteiger partial charge in [0, 0.05) is 47.0 Å². The first kappa shape index (κ1) is 21.7. The van der Waals surface area contributed by atoms with Crippen molar-refractivity contribution in [2.24, 2.45) is 10.9 Å². The molecule has 26 heavy (non-hydrogen) atoms. The molecule has 0 saturated heterocycles. The summed E-state index contributed by atoms with van der Waals surface area (Å²) in [6.07, 6.45) is 9.54. The van der Waals surface area contributed by atoms with E-state index in [4.69, 9.17) is 0 Å². The van der Waals surface area contributed by atoms with Gasteiger partial charge in [-0.3, -0.25) is 9.20 Å². The highest BCUT2D eigenvalue weighted by Gasteiger charge is 2.37. The van der Waals surface area contributed by atoms with E-state index in [1.54, 1.807) is 0 Å². The number of guanidine groups is 1. The molecule has 5 nitrogen and oxygen atoms in total. The van der Waals surface area contributed by atoms with E-state index in [9.17, 15) is 4.21 Å². The van der Waals surface area contributed by atoms with E-state index < -0.39 is 10.8 Å². The first-order chi connectivity index (χ1) is 12.4. The first-order valence-corrected chi connectivity index (χ1v) is 11.8. The second-order valence-electron chi connectivity index (χ2n) is 8.55. The summed E-state index contributed by atoms with van der Waals surface area (Å²) in [6, 6.07) is 0.385. The number of hydrogen-bond acceptors (Lipinski definition) is 3. The van der Waals surface area contributed by atoms with Crippen LogP contribution in [0.15, 0.2) is 4.99 Å². The van der Waals surface area contributed by atoms with Crippen molar-refractivity contribution in [3.63, 3.8) is 0 Å². The van der Waals surface area contributed by atoms with E-state index in [1.807, 2.05) is 14.0 Å². The predicted molar refractivity (Wildman–Crippen MR) is 113 cm³/mol. The molecule has 2 fully saturated rings. The molecular formula is C20H40N4OS. The summed E-state index contributed by atoms with van der Waals surface area (Å²) in [5.41, 5.74) is 0.216. The van der Waals surface area contributed by atoms with Gasteiger partial charge in [0.1, 0.15) is 0 Å². The Kier molecular flexibility index (Phi) is 8.40. The maximum absolute atomic E-state index is 12.2. The SMILES string of the molecule is CCS(=O)C1CCCC(NC(=NC)NCC2(N(C)C)CCCC(C)C2)C1. The maximum atomic E-state index is 12.2. The number of hydrogen-bond donors (Lipinski definition) is 2. The van der Waals surface area contributed by atoms with Gasteiger partial charge in [0.05, 0.1) is 0 Å². The van der Waals surface area contributed by atoms with Crippen LogP contribution < -0.4 is 10.6 Å². The average Bonchev–Trinajstić information content (AvgIpc) is 2.64. The van der Waals surface area contributed by atoms with Gasteiger partial charge in [0.2, 0.25) is 0 Å². The van der Waals surface area contributed by atoms with Crippen LogP contribution in [0.2, 0.25) is 0 Å². The van der Waals surface area contributed by atoms with Crippen LogP contribution in [0.1, 0.15) is 65.2 Å². The molecule has 2 N–H and O–H groups in total. The van der Waals surface area contributed by atoms with Gasteiger partial charge in [-0.1, -0.05) is 33.1 Å². The minimum atomic E-state index is -0.682. The van der Waals surface area contributed by atoms with E-state index in [0.29, 0.717) is 11.3 Å². The van der Waals surface area contributed by atoms with Crippen molar-refractivity contribution >= 4 is 16.8 Å². The summed E-state index contributed by atoms with van der Waals surface area (Å²) in [6.45, 7) is 5.33. The second kappa shape index (κ2) is 10.1. The van der Waals surface area contributed by atoms with Crippen LogP contribution in [0.3, 0.4) is 0 Å². The van der Waals surface area contributed by atoms with Crippen LogP contribution in [0.5, 0.6) is 0 Å². The largest absolute Gasteiger partial charge is 0.355 e. The summed E-state index contributed by atoms with van der Waals surface area (Å²) < 4.78 is 12.2. The molecule has 6 heteroatoms. The zero-order valence-corrected chi connectivity index (χ0v) is 18.3. The molecule has 5 unspecified atom stereocenters. The number of nitrogens with one attached hydrogen (secondary N) is 2. The van der Waals surface area contributed by atoms with Crippen LogP contribution in [-0.4, -0.2) is 65.3 Å². The summed E-state index contributed by atoms with van der Waals surface area (Å²) in [5, 5.41) is 7.56. The molecule has 0 spiro atoms. The Balaban J connectivity index is 1.91. The van der Waals surface area contributed by atoms with Gasteiger partial charge in [-0.25, -0.2) is 0 Å². The average molecular weight is 385 g/mol. The molecule has 2 aliphatic carbocycles. The molecule has 0 aliphatic heterocycles. The van der Waals surface area contributed by atoms with Gasteiger partial charge < -0.3 is 15.5 Å². The Labute approximate surface area is 163 Å². The molecule has 0 amide bonds. The number of nitrogens with zero attached hydrogens (tertiary/aromatic N) is 2. The molecule has 0 aromatic carbocycles. The van der Waals surface area contributed by atoms with Crippen LogP contribution in [-0.2, 0) is 10.8 Å². The molecular weight excluding hydrogens is 344 g/mol. The van der Waals surface area contributed by atoms with E-state index in [1.165, 1.54) is 25.7 Å². The van der Waals surface area contributed by atoms with Gasteiger partial charge in [-0.15, -0.1) is 0 Å². The number of rotatable bonds is 6. The number of aliphatic imine (C=N–C) groups is 1. The topological polar surface area (TPSA) is 56.7 Å². The highest BCUT2D eigenvalue weighted by molar-refractivity contribution is 7.85. The lowest BCUT2D eigenvalue weighted by Gasteiger charge is -2.45. The van der Waals surface area contributed by atoms with Gasteiger partial charge in [-0.2, -0.15) is 0 Å². The summed E-state index contributed by atoms with van der Waals surface area (Å²) in [5.74, 6) is 2.46.